The Hall–Kier alpha value is -2.45. The number of ether oxygens (including phenoxy) is 2. The van der Waals surface area contributed by atoms with Crippen LogP contribution in [-0.2, 0) is 22.6 Å². The van der Waals surface area contributed by atoms with Gasteiger partial charge in [-0.2, -0.15) is 0 Å². The van der Waals surface area contributed by atoms with Crippen LogP contribution in [0.1, 0.15) is 23.3 Å². The summed E-state index contributed by atoms with van der Waals surface area (Å²) in [5, 5.41) is 1.33. The molecule has 3 heterocycles. The summed E-state index contributed by atoms with van der Waals surface area (Å²) >= 11 is 1.88. The summed E-state index contributed by atoms with van der Waals surface area (Å²) in [6.45, 7) is 7.46. The van der Waals surface area contributed by atoms with Crippen LogP contribution in [0.5, 0.6) is 5.75 Å². The van der Waals surface area contributed by atoms with Crippen LogP contribution in [0.4, 0.5) is 0 Å². The maximum absolute atomic E-state index is 12.5. The van der Waals surface area contributed by atoms with E-state index in [2.05, 4.69) is 71.4 Å². The van der Waals surface area contributed by atoms with Crippen LogP contribution in [0.2, 0.25) is 0 Å². The molecule has 0 spiro atoms. The fourth-order valence-corrected chi connectivity index (χ4v) is 6.04. The number of rotatable bonds is 9. The summed E-state index contributed by atoms with van der Waals surface area (Å²) in [7, 11) is 2.17. The van der Waals surface area contributed by atoms with Crippen molar-refractivity contribution in [3.63, 3.8) is 0 Å². The molecule has 2 aliphatic rings. The molecule has 0 bridgehead atoms. The van der Waals surface area contributed by atoms with Crippen molar-refractivity contribution < 1.29 is 14.3 Å². The van der Waals surface area contributed by atoms with Gasteiger partial charge < -0.3 is 14.4 Å². The number of carbonyl (C=O) groups excluding carboxylic acids is 1. The van der Waals surface area contributed by atoms with E-state index < -0.39 is 0 Å². The molecular formula is C28H35N3O3S. The van der Waals surface area contributed by atoms with E-state index in [1.54, 1.807) is 0 Å². The zero-order valence-corrected chi connectivity index (χ0v) is 21.3. The maximum atomic E-state index is 12.5. The van der Waals surface area contributed by atoms with Crippen LogP contribution in [0.3, 0.4) is 0 Å². The molecule has 0 radical (unpaired) electrons. The van der Waals surface area contributed by atoms with Crippen LogP contribution in [0.25, 0.3) is 10.1 Å². The minimum absolute atomic E-state index is 0.174. The number of hydrogen-bond donors (Lipinski definition) is 0. The minimum atomic E-state index is -0.205. The highest BCUT2D eigenvalue weighted by Crippen LogP contribution is 2.26. The molecule has 0 N–H and O–H groups in total. The maximum Gasteiger partial charge on any atom is 0.251 e. The highest BCUT2D eigenvalue weighted by atomic mass is 32.1. The van der Waals surface area contributed by atoms with Gasteiger partial charge in [0.25, 0.3) is 5.91 Å². The number of amides is 1. The second-order valence-corrected chi connectivity index (χ2v) is 10.8. The first-order chi connectivity index (χ1) is 17.1. The third-order valence-corrected chi connectivity index (χ3v) is 7.94. The van der Waals surface area contributed by atoms with Gasteiger partial charge in [-0.1, -0.05) is 30.3 Å². The molecular weight excluding hydrogens is 458 g/mol. The molecule has 0 aliphatic carbocycles. The van der Waals surface area contributed by atoms with Crippen molar-refractivity contribution in [1.29, 1.82) is 0 Å². The molecule has 2 saturated heterocycles. The van der Waals surface area contributed by atoms with Gasteiger partial charge in [-0.15, -0.1) is 11.3 Å². The van der Waals surface area contributed by atoms with Gasteiger partial charge in [-0.05, 0) is 55.1 Å². The van der Waals surface area contributed by atoms with Crippen molar-refractivity contribution in [1.82, 2.24) is 14.7 Å². The summed E-state index contributed by atoms with van der Waals surface area (Å²) in [6, 6.07) is 19.3. The van der Waals surface area contributed by atoms with Crippen LogP contribution in [0, 0.1) is 0 Å². The molecule has 7 heteroatoms. The Morgan fingerprint density at radius 1 is 1.09 bits per heavy atom. The van der Waals surface area contributed by atoms with Crippen LogP contribution >= 0.6 is 11.3 Å². The number of thiophene rings is 1. The normalized spacial score (nSPS) is 19.0. The molecule has 2 fully saturated rings. The number of carbonyl (C=O) groups is 1. The Morgan fingerprint density at radius 3 is 2.63 bits per heavy atom. The Morgan fingerprint density at radius 2 is 1.89 bits per heavy atom. The molecule has 1 aromatic heterocycles. The van der Waals surface area contributed by atoms with Gasteiger partial charge in [-0.25, -0.2) is 0 Å². The Kier molecular flexibility index (Phi) is 7.99. The number of benzene rings is 2. The molecule has 3 aromatic rings. The lowest BCUT2D eigenvalue weighted by molar-refractivity contribution is -0.142. The number of piperazine rings is 1. The summed E-state index contributed by atoms with van der Waals surface area (Å²) < 4.78 is 12.9. The first-order valence-electron chi connectivity index (χ1n) is 12.6. The van der Waals surface area contributed by atoms with Crippen molar-refractivity contribution in [2.24, 2.45) is 0 Å². The quantitative estimate of drug-likeness (QED) is 0.446. The van der Waals surface area contributed by atoms with Gasteiger partial charge in [-0.3, -0.25) is 14.6 Å². The average molecular weight is 494 g/mol. The first kappa shape index (κ1) is 24.3. The smallest absolute Gasteiger partial charge is 0.251 e. The molecule has 1 amide bonds. The van der Waals surface area contributed by atoms with Crippen molar-refractivity contribution in [2.45, 2.75) is 32.0 Å². The van der Waals surface area contributed by atoms with E-state index in [9.17, 15) is 4.79 Å². The molecule has 1 unspecified atom stereocenters. The van der Waals surface area contributed by atoms with Gasteiger partial charge in [0.1, 0.15) is 18.5 Å². The van der Waals surface area contributed by atoms with Crippen molar-refractivity contribution in [2.75, 3.05) is 53.0 Å². The van der Waals surface area contributed by atoms with Crippen LogP contribution < -0.4 is 4.74 Å². The SMILES string of the molecule is CN(Cc1ccc(OCCN2CCN(C(=O)C3CCCO3)CC2)cc1)Cc1cc2ccccc2s1. The van der Waals surface area contributed by atoms with E-state index in [0.29, 0.717) is 6.61 Å². The zero-order valence-electron chi connectivity index (χ0n) is 20.5. The largest absolute Gasteiger partial charge is 0.492 e. The van der Waals surface area contributed by atoms with E-state index in [0.717, 1.165) is 71.0 Å². The average Bonchev–Trinajstić information content (AvgIpc) is 3.55. The van der Waals surface area contributed by atoms with E-state index in [1.165, 1.54) is 20.5 Å². The van der Waals surface area contributed by atoms with Gasteiger partial charge in [0.15, 0.2) is 0 Å². The summed E-state index contributed by atoms with van der Waals surface area (Å²) in [4.78, 5) is 20.6. The predicted octanol–water partition coefficient (Wildman–Crippen LogP) is 4.24. The third-order valence-electron chi connectivity index (χ3n) is 6.84. The van der Waals surface area contributed by atoms with E-state index in [-0.39, 0.29) is 12.0 Å². The Balaban J connectivity index is 1.01. The van der Waals surface area contributed by atoms with E-state index in [4.69, 9.17) is 9.47 Å². The molecule has 2 aromatic carbocycles. The number of hydrogen-bond acceptors (Lipinski definition) is 6. The monoisotopic (exact) mass is 493 g/mol. The molecule has 2 aliphatic heterocycles. The van der Waals surface area contributed by atoms with E-state index >= 15 is 0 Å². The number of fused-ring (bicyclic) bond motifs is 1. The third kappa shape index (κ3) is 6.41. The summed E-state index contributed by atoms with van der Waals surface area (Å²) in [6.07, 6.45) is 1.66. The van der Waals surface area contributed by atoms with Crippen LogP contribution in [0.15, 0.2) is 54.6 Å². The fraction of sp³-hybridized carbons (Fsp3) is 0.464. The minimum Gasteiger partial charge on any atom is -0.492 e. The summed E-state index contributed by atoms with van der Waals surface area (Å²) in [5.74, 6) is 1.08. The lowest BCUT2D eigenvalue weighted by Crippen LogP contribution is -2.52. The van der Waals surface area contributed by atoms with Gasteiger partial charge >= 0.3 is 0 Å². The molecule has 0 saturated carbocycles. The Bertz CT molecular complexity index is 1070. The zero-order chi connectivity index (χ0) is 24.0. The fourth-order valence-electron chi connectivity index (χ4n) is 4.90. The summed E-state index contributed by atoms with van der Waals surface area (Å²) in [5.41, 5.74) is 1.29. The standard InChI is InChI=1S/C28H35N3O3S/c1-29(21-25-19-23-5-2-3-7-27(23)35-25)20-22-8-10-24(11-9-22)33-18-16-30-12-14-31(15-13-30)28(32)26-6-4-17-34-26/h2-3,5,7-11,19,26H,4,6,12-18,20-21H2,1H3. The van der Waals surface area contributed by atoms with Gasteiger partial charge in [0.05, 0.1) is 0 Å². The molecule has 186 valence electrons. The molecule has 1 atom stereocenters. The van der Waals surface area contributed by atoms with Crippen LogP contribution in [-0.4, -0.2) is 79.7 Å². The topological polar surface area (TPSA) is 45.2 Å². The van der Waals surface area contributed by atoms with Crippen molar-refractivity contribution in [3.05, 3.63) is 65.0 Å². The Labute approximate surface area is 212 Å². The second kappa shape index (κ2) is 11.5. The second-order valence-electron chi connectivity index (χ2n) is 9.58. The van der Waals surface area contributed by atoms with Crippen molar-refractivity contribution in [3.8, 4) is 5.75 Å². The number of nitrogens with zero attached hydrogens (tertiary/aromatic N) is 3. The lowest BCUT2D eigenvalue weighted by Gasteiger charge is -2.35. The predicted molar refractivity (Wildman–Crippen MR) is 141 cm³/mol. The van der Waals surface area contributed by atoms with E-state index in [1.807, 2.05) is 16.2 Å². The molecule has 6 nitrogen and oxygen atoms in total. The highest BCUT2D eigenvalue weighted by Gasteiger charge is 2.30. The first-order valence-corrected chi connectivity index (χ1v) is 13.5. The highest BCUT2D eigenvalue weighted by molar-refractivity contribution is 7.19. The molecule has 35 heavy (non-hydrogen) atoms. The van der Waals surface area contributed by atoms with Gasteiger partial charge in [0.2, 0.25) is 0 Å². The molecule has 5 rings (SSSR count). The van der Waals surface area contributed by atoms with Crippen molar-refractivity contribution >= 4 is 27.3 Å². The lowest BCUT2D eigenvalue weighted by atomic mass is 10.2. The van der Waals surface area contributed by atoms with Gasteiger partial charge in [0, 0.05) is 62.0 Å².